The number of nitrogens with one attached hydrogen (secondary N) is 1. The number of para-hydroxylation sites is 1. The van der Waals surface area contributed by atoms with E-state index in [1.165, 1.54) is 29.7 Å². The number of halogens is 2. The fraction of sp³-hybridized carbons (Fsp3) is 0. The van der Waals surface area contributed by atoms with Crippen LogP contribution in [-0.4, -0.2) is 18.2 Å². The van der Waals surface area contributed by atoms with E-state index in [0.29, 0.717) is 10.7 Å². The van der Waals surface area contributed by atoms with Gasteiger partial charge in [0.1, 0.15) is 10.6 Å². The third-order valence-electron chi connectivity index (χ3n) is 3.92. The van der Waals surface area contributed by atoms with Crippen molar-refractivity contribution in [2.24, 2.45) is 0 Å². The fourth-order valence-corrected chi connectivity index (χ4v) is 5.14. The second kappa shape index (κ2) is 7.60. The van der Waals surface area contributed by atoms with Gasteiger partial charge < -0.3 is 0 Å². The number of thiophene rings is 1. The molecular formula is C19H13Cl2N3O2S2. The van der Waals surface area contributed by atoms with E-state index >= 15 is 0 Å². The van der Waals surface area contributed by atoms with Gasteiger partial charge >= 0.3 is 0 Å². The summed E-state index contributed by atoms with van der Waals surface area (Å²) >= 11 is 13.4. The van der Waals surface area contributed by atoms with Gasteiger partial charge in [0.2, 0.25) is 0 Å². The molecule has 0 fully saturated rings. The number of hydrogen-bond acceptors (Lipinski definition) is 4. The Bertz CT molecular complexity index is 1220. The molecule has 0 spiro atoms. The smallest absolute Gasteiger partial charge is 0.265 e. The second-order valence-corrected chi connectivity index (χ2v) is 9.27. The fourth-order valence-electron chi connectivity index (χ4n) is 2.62. The van der Waals surface area contributed by atoms with Crippen LogP contribution in [0.25, 0.3) is 16.3 Å². The van der Waals surface area contributed by atoms with Crippen LogP contribution in [0.2, 0.25) is 10.0 Å². The van der Waals surface area contributed by atoms with Gasteiger partial charge in [0.05, 0.1) is 27.5 Å². The van der Waals surface area contributed by atoms with Gasteiger partial charge in [0.15, 0.2) is 0 Å². The lowest BCUT2D eigenvalue weighted by Gasteiger charge is -2.09. The number of sulfonamides is 1. The maximum Gasteiger partial charge on any atom is 0.265 e. The van der Waals surface area contributed by atoms with Crippen molar-refractivity contribution in [3.8, 4) is 16.3 Å². The third-order valence-corrected chi connectivity index (χ3v) is 6.71. The minimum absolute atomic E-state index is 0.0600. The minimum Gasteiger partial charge on any atom is -0.278 e. The number of rotatable bonds is 5. The zero-order chi connectivity index (χ0) is 19.7. The minimum atomic E-state index is -3.95. The van der Waals surface area contributed by atoms with Gasteiger partial charge in [-0.05, 0) is 41.8 Å². The molecule has 0 amide bonds. The van der Waals surface area contributed by atoms with Crippen molar-refractivity contribution in [2.75, 3.05) is 4.72 Å². The summed E-state index contributed by atoms with van der Waals surface area (Å²) in [5, 5.41) is 7.03. The van der Waals surface area contributed by atoms with E-state index in [2.05, 4.69) is 9.82 Å². The molecule has 0 bridgehead atoms. The molecule has 0 atom stereocenters. The largest absolute Gasteiger partial charge is 0.278 e. The van der Waals surface area contributed by atoms with Crippen molar-refractivity contribution >= 4 is 50.2 Å². The Labute approximate surface area is 176 Å². The van der Waals surface area contributed by atoms with Gasteiger partial charge in [-0.3, -0.25) is 4.72 Å². The highest BCUT2D eigenvalue weighted by Gasteiger charge is 2.25. The van der Waals surface area contributed by atoms with Crippen LogP contribution in [-0.2, 0) is 10.0 Å². The predicted molar refractivity (Wildman–Crippen MR) is 114 cm³/mol. The quantitative estimate of drug-likeness (QED) is 0.424. The van der Waals surface area contributed by atoms with Gasteiger partial charge in [-0.2, -0.15) is 5.10 Å². The Kier molecular flexibility index (Phi) is 5.16. The standard InChI is InChI=1S/C19H13Cl2N3O2S2/c20-13-8-9-16(15(21)11-13)23-28(25,26)18-12-24(14-5-2-1-3-6-14)22-19(18)17-7-4-10-27-17/h1-12,23H. The van der Waals surface area contributed by atoms with Crippen LogP contribution in [0.5, 0.6) is 0 Å². The molecule has 142 valence electrons. The average molecular weight is 450 g/mol. The summed E-state index contributed by atoms with van der Waals surface area (Å²) in [4.78, 5) is 0.807. The average Bonchev–Trinajstić information content (AvgIpc) is 3.34. The lowest BCUT2D eigenvalue weighted by molar-refractivity contribution is 0.601. The van der Waals surface area contributed by atoms with Crippen molar-refractivity contribution in [3.63, 3.8) is 0 Å². The zero-order valence-electron chi connectivity index (χ0n) is 14.2. The first kappa shape index (κ1) is 19.0. The number of benzene rings is 2. The van der Waals surface area contributed by atoms with Crippen LogP contribution in [0.1, 0.15) is 0 Å². The molecule has 28 heavy (non-hydrogen) atoms. The van der Waals surface area contributed by atoms with Crippen molar-refractivity contribution in [2.45, 2.75) is 4.90 Å². The summed E-state index contributed by atoms with van der Waals surface area (Å²) in [7, 11) is -3.95. The van der Waals surface area contributed by atoms with Gasteiger partial charge in [-0.15, -0.1) is 11.3 Å². The highest BCUT2D eigenvalue weighted by molar-refractivity contribution is 7.92. The summed E-state index contributed by atoms with van der Waals surface area (Å²) in [6.07, 6.45) is 1.50. The topological polar surface area (TPSA) is 64.0 Å². The zero-order valence-corrected chi connectivity index (χ0v) is 17.4. The number of nitrogens with zero attached hydrogens (tertiary/aromatic N) is 2. The van der Waals surface area contributed by atoms with Crippen LogP contribution in [0, 0.1) is 0 Å². The lowest BCUT2D eigenvalue weighted by Crippen LogP contribution is -2.13. The number of aromatic nitrogens is 2. The molecule has 2 aromatic heterocycles. The van der Waals surface area contributed by atoms with Gasteiger partial charge in [0, 0.05) is 5.02 Å². The highest BCUT2D eigenvalue weighted by Crippen LogP contribution is 2.33. The number of hydrogen-bond donors (Lipinski definition) is 1. The van der Waals surface area contributed by atoms with Crippen LogP contribution < -0.4 is 4.72 Å². The Balaban J connectivity index is 1.82. The third kappa shape index (κ3) is 3.79. The predicted octanol–water partition coefficient (Wildman–Crippen LogP) is 5.71. The Morgan fingerprint density at radius 3 is 2.46 bits per heavy atom. The molecular weight excluding hydrogens is 437 g/mol. The normalized spacial score (nSPS) is 11.5. The van der Waals surface area contributed by atoms with E-state index in [1.807, 2.05) is 47.8 Å². The first-order valence-electron chi connectivity index (χ1n) is 8.11. The maximum absolute atomic E-state index is 13.1. The molecule has 0 saturated carbocycles. The van der Waals surface area contributed by atoms with Gasteiger partial charge in [0.25, 0.3) is 10.0 Å². The van der Waals surface area contributed by atoms with E-state index in [9.17, 15) is 8.42 Å². The molecule has 0 saturated heterocycles. The molecule has 5 nitrogen and oxygen atoms in total. The Hall–Kier alpha value is -2.32. The summed E-state index contributed by atoms with van der Waals surface area (Å²) in [6.45, 7) is 0. The lowest BCUT2D eigenvalue weighted by atomic mass is 10.3. The van der Waals surface area contributed by atoms with Gasteiger partial charge in [-0.25, -0.2) is 13.1 Å². The first-order valence-corrected chi connectivity index (χ1v) is 11.2. The Morgan fingerprint density at radius 1 is 1.00 bits per heavy atom. The van der Waals surface area contributed by atoms with Crippen LogP contribution in [0.3, 0.4) is 0 Å². The van der Waals surface area contributed by atoms with Crippen molar-refractivity contribution in [1.82, 2.24) is 9.78 Å². The monoisotopic (exact) mass is 449 g/mol. The first-order chi connectivity index (χ1) is 13.4. The van der Waals surface area contributed by atoms with Crippen LogP contribution in [0.15, 0.2) is 77.1 Å². The molecule has 2 aromatic carbocycles. The molecule has 9 heteroatoms. The second-order valence-electron chi connectivity index (χ2n) is 5.83. The highest BCUT2D eigenvalue weighted by atomic mass is 35.5. The molecule has 1 N–H and O–H groups in total. The summed E-state index contributed by atoms with van der Waals surface area (Å²) < 4.78 is 30.4. The van der Waals surface area contributed by atoms with E-state index < -0.39 is 10.0 Å². The van der Waals surface area contributed by atoms with Crippen LogP contribution >= 0.6 is 34.5 Å². The molecule has 2 heterocycles. The summed E-state index contributed by atoms with van der Waals surface area (Å²) in [6, 6.07) is 17.6. The van der Waals surface area contributed by atoms with E-state index in [-0.39, 0.29) is 15.6 Å². The van der Waals surface area contributed by atoms with E-state index in [1.54, 1.807) is 10.7 Å². The van der Waals surface area contributed by atoms with Gasteiger partial charge in [-0.1, -0.05) is 47.5 Å². The van der Waals surface area contributed by atoms with Crippen molar-refractivity contribution in [1.29, 1.82) is 0 Å². The molecule has 0 aliphatic heterocycles. The SMILES string of the molecule is O=S(=O)(Nc1ccc(Cl)cc1Cl)c1cn(-c2ccccc2)nc1-c1cccs1. The van der Waals surface area contributed by atoms with Crippen LogP contribution in [0.4, 0.5) is 5.69 Å². The molecule has 0 unspecified atom stereocenters. The molecule has 4 rings (SSSR count). The Morgan fingerprint density at radius 2 is 1.79 bits per heavy atom. The summed E-state index contributed by atoms with van der Waals surface area (Å²) in [5.41, 5.74) is 1.37. The molecule has 0 aliphatic rings. The maximum atomic E-state index is 13.1. The molecule has 0 aliphatic carbocycles. The molecule has 4 aromatic rings. The van der Waals surface area contributed by atoms with Crippen molar-refractivity contribution in [3.05, 3.63) is 82.3 Å². The van der Waals surface area contributed by atoms with E-state index in [4.69, 9.17) is 23.2 Å². The number of anilines is 1. The van der Waals surface area contributed by atoms with E-state index in [0.717, 1.165) is 10.6 Å². The summed E-state index contributed by atoms with van der Waals surface area (Å²) in [5.74, 6) is 0. The molecule has 0 radical (unpaired) electrons. The van der Waals surface area contributed by atoms with Crippen molar-refractivity contribution < 1.29 is 8.42 Å².